The molecule has 3 aromatic rings. The number of carbonyl (C=O) groups excluding carboxylic acids is 2. The molecule has 1 saturated heterocycles. The first-order valence-electron chi connectivity index (χ1n) is 12.4. The summed E-state index contributed by atoms with van der Waals surface area (Å²) in [6.07, 6.45) is -3.60. The van der Waals surface area contributed by atoms with Gasteiger partial charge in [0.2, 0.25) is 17.7 Å². The molecule has 5 rings (SSSR count). The third kappa shape index (κ3) is 4.80. The molecule has 1 aliphatic heterocycles. The van der Waals surface area contributed by atoms with Gasteiger partial charge in [0.05, 0.1) is 43.2 Å². The molecule has 1 aliphatic carbocycles. The molecule has 202 valence electrons. The van der Waals surface area contributed by atoms with Gasteiger partial charge in [-0.1, -0.05) is 12.1 Å². The van der Waals surface area contributed by atoms with E-state index in [0.29, 0.717) is 22.3 Å². The van der Waals surface area contributed by atoms with E-state index in [1.54, 1.807) is 36.4 Å². The van der Waals surface area contributed by atoms with Gasteiger partial charge in [-0.2, -0.15) is 5.10 Å². The summed E-state index contributed by atoms with van der Waals surface area (Å²) in [5.41, 5.74) is 0.366. The maximum absolute atomic E-state index is 14.8. The molecule has 3 heterocycles. The van der Waals surface area contributed by atoms with Crippen LogP contribution in [0.5, 0.6) is 5.75 Å². The first-order valence-corrected chi connectivity index (χ1v) is 12.4. The number of carbonyl (C=O) groups is 2. The van der Waals surface area contributed by atoms with Crippen LogP contribution in [0.2, 0.25) is 0 Å². The van der Waals surface area contributed by atoms with Crippen molar-refractivity contribution in [2.45, 2.75) is 61.8 Å². The van der Waals surface area contributed by atoms with Gasteiger partial charge in [0, 0.05) is 12.8 Å². The lowest BCUT2D eigenvalue weighted by molar-refractivity contribution is -0.145. The second-order valence-electron chi connectivity index (χ2n) is 9.95. The molecule has 1 aromatic carbocycles. The number of H-pyrrole nitrogens is 1. The van der Waals surface area contributed by atoms with Crippen LogP contribution < -0.4 is 10.1 Å². The van der Waals surface area contributed by atoms with Crippen LogP contribution in [0.3, 0.4) is 0 Å². The van der Waals surface area contributed by atoms with Crippen molar-refractivity contribution in [2.75, 3.05) is 19.0 Å². The second-order valence-corrected chi connectivity index (χ2v) is 9.95. The van der Waals surface area contributed by atoms with Crippen molar-refractivity contribution in [1.29, 1.82) is 0 Å². The molecule has 12 heteroatoms. The molecule has 2 aromatic heterocycles. The van der Waals surface area contributed by atoms with E-state index in [1.165, 1.54) is 13.3 Å². The molecule has 1 saturated carbocycles. The molecule has 3 N–H and O–H groups in total. The Morgan fingerprint density at radius 1 is 1.16 bits per heavy atom. The zero-order chi connectivity index (χ0) is 27.1. The smallest absolute Gasteiger partial charge is 0.248 e. The van der Waals surface area contributed by atoms with Crippen LogP contribution in [0.25, 0.3) is 11.0 Å². The predicted molar refractivity (Wildman–Crippen MR) is 132 cm³/mol. The van der Waals surface area contributed by atoms with Crippen LogP contribution in [0.1, 0.15) is 37.7 Å². The van der Waals surface area contributed by atoms with Crippen LogP contribution in [-0.4, -0.2) is 74.9 Å². The molecule has 38 heavy (non-hydrogen) atoms. The number of pyridine rings is 1. The molecule has 2 fully saturated rings. The number of alkyl halides is 3. The molecule has 3 atom stereocenters. The number of hydrogen-bond acceptors (Lipinski definition) is 6. The fourth-order valence-electron chi connectivity index (χ4n) is 5.46. The monoisotopic (exact) mass is 531 g/mol. The predicted octanol–water partition coefficient (Wildman–Crippen LogP) is 3.35. The average molecular weight is 532 g/mol. The van der Waals surface area contributed by atoms with Gasteiger partial charge < -0.3 is 20.1 Å². The van der Waals surface area contributed by atoms with E-state index < -0.39 is 67.3 Å². The van der Waals surface area contributed by atoms with Crippen molar-refractivity contribution in [1.82, 2.24) is 20.1 Å². The van der Waals surface area contributed by atoms with Gasteiger partial charge in [-0.15, -0.1) is 0 Å². The number of halogens is 3. The molecule has 0 radical (unpaired) electrons. The Bertz CT molecular complexity index is 1320. The second kappa shape index (κ2) is 9.90. The first kappa shape index (κ1) is 26.0. The normalized spacial score (nSPS) is 24.3. The van der Waals surface area contributed by atoms with Crippen LogP contribution in [0.15, 0.2) is 42.6 Å². The Kier molecular flexibility index (Phi) is 6.76. The molecule has 0 bridgehead atoms. The number of aromatic amines is 1. The Morgan fingerprint density at radius 3 is 2.55 bits per heavy atom. The Morgan fingerprint density at radius 2 is 1.87 bits per heavy atom. The molecule has 9 nitrogen and oxygen atoms in total. The van der Waals surface area contributed by atoms with E-state index in [1.807, 2.05) is 0 Å². The van der Waals surface area contributed by atoms with Crippen molar-refractivity contribution >= 4 is 28.7 Å². The van der Waals surface area contributed by atoms with Gasteiger partial charge in [-0.25, -0.2) is 18.2 Å². The zero-order valence-electron chi connectivity index (χ0n) is 20.7. The topological polar surface area (TPSA) is 120 Å². The number of aromatic nitrogens is 3. The molecule has 0 spiro atoms. The number of nitrogens with one attached hydrogen (secondary N) is 2. The number of amides is 2. The van der Waals surface area contributed by atoms with E-state index in [4.69, 9.17) is 4.74 Å². The minimum absolute atomic E-state index is 0.151. The van der Waals surface area contributed by atoms with Crippen LogP contribution in [0.4, 0.5) is 19.0 Å². The van der Waals surface area contributed by atoms with Crippen LogP contribution in [0, 0.1) is 0 Å². The number of hydrogen-bond donors (Lipinski definition) is 3. The number of nitrogens with zero attached hydrogens (tertiary/aromatic N) is 3. The SMILES string of the molecule is COc1ccc(C2(C(=O)N3C[C@H](F)[C@@H](O)[C@@H]3CC(=O)Nc3ccc4[nH]ncc4n3)CCC(F)(F)CC2)cc1. The minimum Gasteiger partial charge on any atom is -0.497 e. The van der Waals surface area contributed by atoms with Gasteiger partial charge >= 0.3 is 0 Å². The van der Waals surface area contributed by atoms with E-state index in [9.17, 15) is 27.9 Å². The molecule has 2 aliphatic rings. The van der Waals surface area contributed by atoms with Crippen LogP contribution in [-0.2, 0) is 15.0 Å². The van der Waals surface area contributed by atoms with Gasteiger partial charge in [0.15, 0.2) is 0 Å². The van der Waals surface area contributed by atoms with Crippen molar-refractivity contribution in [3.05, 3.63) is 48.2 Å². The van der Waals surface area contributed by atoms with Crippen molar-refractivity contribution < 1.29 is 32.6 Å². The molecule has 0 unspecified atom stereocenters. The lowest BCUT2D eigenvalue weighted by atomic mass is 9.67. The lowest BCUT2D eigenvalue weighted by Crippen LogP contribution is -2.53. The maximum atomic E-state index is 14.8. The fourth-order valence-corrected chi connectivity index (χ4v) is 5.46. The van der Waals surface area contributed by atoms with Crippen molar-refractivity contribution in [2.24, 2.45) is 0 Å². The number of aliphatic hydroxyl groups is 1. The highest BCUT2D eigenvalue weighted by atomic mass is 19.3. The third-order valence-corrected chi connectivity index (χ3v) is 7.64. The number of aliphatic hydroxyl groups excluding tert-OH is 1. The summed E-state index contributed by atoms with van der Waals surface area (Å²) < 4.78 is 48.3. The summed E-state index contributed by atoms with van der Waals surface area (Å²) in [6, 6.07) is 8.65. The van der Waals surface area contributed by atoms with Crippen molar-refractivity contribution in [3.63, 3.8) is 0 Å². The molecular weight excluding hydrogens is 503 g/mol. The van der Waals surface area contributed by atoms with Gasteiger partial charge in [-0.05, 0) is 42.7 Å². The van der Waals surface area contributed by atoms with Gasteiger partial charge in [0.25, 0.3) is 0 Å². The summed E-state index contributed by atoms with van der Waals surface area (Å²) in [7, 11) is 1.49. The average Bonchev–Trinajstić information content (AvgIpc) is 3.48. The largest absolute Gasteiger partial charge is 0.497 e. The summed E-state index contributed by atoms with van der Waals surface area (Å²) in [5, 5.41) is 19.8. The summed E-state index contributed by atoms with van der Waals surface area (Å²) in [5.74, 6) is -3.30. The van der Waals surface area contributed by atoms with Crippen LogP contribution >= 0.6 is 0 Å². The Balaban J connectivity index is 1.40. The highest BCUT2D eigenvalue weighted by Gasteiger charge is 2.54. The fraction of sp³-hybridized carbons (Fsp3) is 0.462. The minimum atomic E-state index is -2.91. The number of methoxy groups -OCH3 is 1. The third-order valence-electron chi connectivity index (χ3n) is 7.64. The number of rotatable bonds is 6. The molecule has 2 amide bonds. The Labute approximate surface area is 216 Å². The standard InChI is InChI=1S/C26H28F3N5O4/c1-38-16-4-2-15(3-5-16)25(8-10-26(28,29)11-9-25)24(37)34-14-17(27)23(36)20(34)12-22(35)32-21-7-6-18-19(31-21)13-30-33-18/h2-7,13,17,20,23,36H,8-12,14H2,1H3,(H,30,33)(H,31,32,35)/t17-,20-,23+/m0/s1. The van der Waals surface area contributed by atoms with Gasteiger partial charge in [-0.3, -0.25) is 14.7 Å². The number of fused-ring (bicyclic) bond motifs is 1. The lowest BCUT2D eigenvalue weighted by Gasteiger charge is -2.42. The summed E-state index contributed by atoms with van der Waals surface area (Å²) >= 11 is 0. The summed E-state index contributed by atoms with van der Waals surface area (Å²) in [4.78, 5) is 32.4. The Hall–Kier alpha value is -3.67. The maximum Gasteiger partial charge on any atom is 0.248 e. The van der Waals surface area contributed by atoms with E-state index in [0.717, 1.165) is 4.90 Å². The van der Waals surface area contributed by atoms with E-state index in [2.05, 4.69) is 20.5 Å². The van der Waals surface area contributed by atoms with Gasteiger partial charge in [0.1, 0.15) is 29.4 Å². The molecular formula is C26H28F3N5O4. The summed E-state index contributed by atoms with van der Waals surface area (Å²) in [6.45, 7) is -0.439. The number of likely N-dealkylation sites (tertiary alicyclic amines) is 1. The highest BCUT2D eigenvalue weighted by Crippen LogP contribution is 2.48. The highest BCUT2D eigenvalue weighted by molar-refractivity contribution is 5.93. The van der Waals surface area contributed by atoms with E-state index >= 15 is 0 Å². The van der Waals surface area contributed by atoms with E-state index in [-0.39, 0.29) is 18.7 Å². The van der Waals surface area contributed by atoms with Crippen molar-refractivity contribution in [3.8, 4) is 5.75 Å². The first-order chi connectivity index (χ1) is 18.1. The number of ether oxygens (including phenoxy) is 1. The quantitative estimate of drug-likeness (QED) is 0.449. The number of anilines is 1. The zero-order valence-corrected chi connectivity index (χ0v) is 20.7. The number of benzene rings is 1.